The number of nitrogens with zero attached hydrogens (tertiary/aromatic N) is 4. The zero-order valence-corrected chi connectivity index (χ0v) is 16.3. The molecule has 0 aromatic carbocycles. The summed E-state index contributed by atoms with van der Waals surface area (Å²) in [5.41, 5.74) is 3.17. The van der Waals surface area contributed by atoms with Gasteiger partial charge in [-0.2, -0.15) is 5.10 Å². The summed E-state index contributed by atoms with van der Waals surface area (Å²) in [6, 6.07) is 0.268. The number of hydrogen-bond acceptors (Lipinski definition) is 5. The van der Waals surface area contributed by atoms with Crippen molar-refractivity contribution in [3.05, 3.63) is 17.0 Å². The highest BCUT2D eigenvalue weighted by Crippen LogP contribution is 2.30. The number of amides is 1. The normalized spacial score (nSPS) is 22.5. The fourth-order valence-electron chi connectivity index (χ4n) is 3.58. The maximum Gasteiger partial charge on any atom is 0.237 e. The van der Waals surface area contributed by atoms with E-state index in [-0.39, 0.29) is 30.0 Å². The van der Waals surface area contributed by atoms with Crippen molar-refractivity contribution < 1.29 is 13.2 Å². The number of carbonyl (C=O) groups excluding carboxylic acids is 1. The first kappa shape index (κ1) is 18.4. The molecule has 1 saturated heterocycles. The fourth-order valence-corrected chi connectivity index (χ4v) is 5.39. The maximum absolute atomic E-state index is 12.9. The number of rotatable bonds is 6. The Hall–Kier alpha value is -1.41. The van der Waals surface area contributed by atoms with Gasteiger partial charge in [-0.05, 0) is 40.2 Å². The smallest absolute Gasteiger partial charge is 0.237 e. The summed E-state index contributed by atoms with van der Waals surface area (Å²) in [5.74, 6) is 0.481. The summed E-state index contributed by atoms with van der Waals surface area (Å²) >= 11 is 0. The molecule has 7 nitrogen and oxygen atoms in total. The van der Waals surface area contributed by atoms with Crippen LogP contribution in [0.15, 0.2) is 0 Å². The second-order valence-electron chi connectivity index (χ2n) is 7.50. The Morgan fingerprint density at radius 1 is 1.24 bits per heavy atom. The van der Waals surface area contributed by atoms with E-state index in [1.165, 1.54) is 0 Å². The van der Waals surface area contributed by atoms with Gasteiger partial charge in [0.15, 0.2) is 9.84 Å². The van der Waals surface area contributed by atoms with Crippen molar-refractivity contribution in [2.45, 2.75) is 51.7 Å². The summed E-state index contributed by atoms with van der Waals surface area (Å²) in [5, 5.41) is 4.44. The van der Waals surface area contributed by atoms with Gasteiger partial charge in [0.05, 0.1) is 23.7 Å². The van der Waals surface area contributed by atoms with E-state index >= 15 is 0 Å². The molecule has 1 saturated carbocycles. The molecule has 8 heteroatoms. The zero-order valence-electron chi connectivity index (χ0n) is 15.5. The van der Waals surface area contributed by atoms with E-state index in [9.17, 15) is 13.2 Å². The van der Waals surface area contributed by atoms with Gasteiger partial charge >= 0.3 is 0 Å². The van der Waals surface area contributed by atoms with Gasteiger partial charge in [-0.15, -0.1) is 0 Å². The van der Waals surface area contributed by atoms with Crippen LogP contribution in [0.4, 0.5) is 0 Å². The highest BCUT2D eigenvalue weighted by Gasteiger charge is 2.36. The van der Waals surface area contributed by atoms with Crippen LogP contribution in [0, 0.1) is 13.8 Å². The van der Waals surface area contributed by atoms with Crippen LogP contribution in [-0.4, -0.2) is 71.1 Å². The number of likely N-dealkylation sites (N-methyl/N-ethyl adjacent to an activating group) is 1. The quantitative estimate of drug-likeness (QED) is 0.737. The van der Waals surface area contributed by atoms with Gasteiger partial charge in [0.2, 0.25) is 5.91 Å². The molecule has 1 aliphatic heterocycles. The molecule has 1 aromatic rings. The molecule has 1 aliphatic carbocycles. The van der Waals surface area contributed by atoms with Crippen molar-refractivity contribution in [1.82, 2.24) is 19.6 Å². The van der Waals surface area contributed by atoms with Gasteiger partial charge < -0.3 is 4.90 Å². The molecule has 2 heterocycles. The lowest BCUT2D eigenvalue weighted by atomic mass is 10.1. The average molecular weight is 369 g/mol. The Kier molecular flexibility index (Phi) is 4.94. The predicted molar refractivity (Wildman–Crippen MR) is 95.9 cm³/mol. The van der Waals surface area contributed by atoms with E-state index in [0.29, 0.717) is 19.0 Å². The largest absolute Gasteiger partial charge is 0.334 e. The maximum atomic E-state index is 12.9. The van der Waals surface area contributed by atoms with E-state index in [1.807, 2.05) is 42.4 Å². The molecule has 0 bridgehead atoms. The van der Waals surface area contributed by atoms with Crippen molar-refractivity contribution in [3.63, 3.8) is 0 Å². The van der Waals surface area contributed by atoms with Crippen LogP contribution in [-0.2, 0) is 28.2 Å². The minimum Gasteiger partial charge on any atom is -0.334 e. The van der Waals surface area contributed by atoms with Gasteiger partial charge in [0.1, 0.15) is 0 Å². The topological polar surface area (TPSA) is 75.5 Å². The molecule has 1 aromatic heterocycles. The first-order chi connectivity index (χ1) is 11.7. The Morgan fingerprint density at radius 2 is 1.92 bits per heavy atom. The minimum atomic E-state index is -2.94. The van der Waals surface area contributed by atoms with E-state index < -0.39 is 9.84 Å². The summed E-state index contributed by atoms with van der Waals surface area (Å²) in [6.45, 7) is 4.87. The molecule has 25 heavy (non-hydrogen) atoms. The van der Waals surface area contributed by atoms with Gasteiger partial charge in [0.25, 0.3) is 0 Å². The number of aromatic nitrogens is 2. The molecule has 0 N–H and O–H groups in total. The van der Waals surface area contributed by atoms with Crippen LogP contribution < -0.4 is 0 Å². The zero-order chi connectivity index (χ0) is 18.4. The monoisotopic (exact) mass is 368 g/mol. The lowest BCUT2D eigenvalue weighted by molar-refractivity contribution is -0.133. The highest BCUT2D eigenvalue weighted by molar-refractivity contribution is 7.91. The van der Waals surface area contributed by atoms with E-state index in [0.717, 1.165) is 29.8 Å². The standard InChI is InChI=1S/C17H28N4O3S/c1-12-16(13(2)20(4)18-12)9-21(14-5-6-14)17(22)10-19(3)15-7-8-25(23,24)11-15/h14-15H,5-11H2,1-4H3. The first-order valence-electron chi connectivity index (χ1n) is 8.87. The Bertz CT molecular complexity index is 767. The fraction of sp³-hybridized carbons (Fsp3) is 0.765. The van der Waals surface area contributed by atoms with Crippen LogP contribution in [0.3, 0.4) is 0 Å². The second-order valence-corrected chi connectivity index (χ2v) is 9.73. The third-order valence-corrected chi connectivity index (χ3v) is 7.26. The average Bonchev–Trinajstić information content (AvgIpc) is 3.24. The number of hydrogen-bond donors (Lipinski definition) is 0. The van der Waals surface area contributed by atoms with Crippen molar-refractivity contribution in [3.8, 4) is 0 Å². The molecule has 2 fully saturated rings. The third kappa shape index (κ3) is 4.06. The lowest BCUT2D eigenvalue weighted by Gasteiger charge is -2.28. The summed E-state index contributed by atoms with van der Waals surface area (Å²) in [6.07, 6.45) is 2.72. The van der Waals surface area contributed by atoms with Gasteiger partial charge in [-0.1, -0.05) is 0 Å². The summed E-state index contributed by atoms with van der Waals surface area (Å²) in [4.78, 5) is 16.8. The van der Waals surface area contributed by atoms with Crippen molar-refractivity contribution in [1.29, 1.82) is 0 Å². The minimum absolute atomic E-state index is 0.0446. The molecular formula is C17H28N4O3S. The van der Waals surface area contributed by atoms with E-state index in [2.05, 4.69) is 5.10 Å². The number of carbonyl (C=O) groups is 1. The molecule has 0 spiro atoms. The van der Waals surface area contributed by atoms with E-state index in [1.54, 1.807) is 0 Å². The van der Waals surface area contributed by atoms with Crippen LogP contribution in [0.25, 0.3) is 0 Å². The van der Waals surface area contributed by atoms with Crippen molar-refractivity contribution in [2.24, 2.45) is 7.05 Å². The number of sulfone groups is 1. The van der Waals surface area contributed by atoms with Crippen LogP contribution in [0.2, 0.25) is 0 Å². The molecule has 1 atom stereocenters. The lowest BCUT2D eigenvalue weighted by Crippen LogP contribution is -2.44. The van der Waals surface area contributed by atoms with Crippen LogP contribution >= 0.6 is 0 Å². The Labute approximate surface area is 149 Å². The third-order valence-electron chi connectivity index (χ3n) is 5.51. The molecular weight excluding hydrogens is 340 g/mol. The first-order valence-corrected chi connectivity index (χ1v) is 10.7. The predicted octanol–water partition coefficient (Wildman–Crippen LogP) is 0.647. The molecule has 2 aliphatic rings. The van der Waals surface area contributed by atoms with Gasteiger partial charge in [-0.25, -0.2) is 8.42 Å². The second kappa shape index (κ2) is 6.72. The molecule has 0 radical (unpaired) electrons. The van der Waals surface area contributed by atoms with Gasteiger partial charge in [-0.3, -0.25) is 14.4 Å². The Morgan fingerprint density at radius 3 is 2.40 bits per heavy atom. The van der Waals surface area contributed by atoms with Crippen molar-refractivity contribution in [2.75, 3.05) is 25.1 Å². The molecule has 1 unspecified atom stereocenters. The number of aryl methyl sites for hydroxylation is 2. The SMILES string of the molecule is Cc1nn(C)c(C)c1CN(C(=O)CN(C)C1CCS(=O)(=O)C1)C1CC1. The van der Waals surface area contributed by atoms with Crippen LogP contribution in [0.5, 0.6) is 0 Å². The molecule has 3 rings (SSSR count). The summed E-state index contributed by atoms with van der Waals surface area (Å²) in [7, 11) is 0.841. The molecule has 140 valence electrons. The Balaban J connectivity index is 1.67. The highest BCUT2D eigenvalue weighted by atomic mass is 32.2. The van der Waals surface area contributed by atoms with Crippen LogP contribution in [0.1, 0.15) is 36.2 Å². The summed E-state index contributed by atoms with van der Waals surface area (Å²) < 4.78 is 25.2. The molecule has 1 amide bonds. The van der Waals surface area contributed by atoms with Crippen molar-refractivity contribution >= 4 is 15.7 Å². The van der Waals surface area contributed by atoms with E-state index in [4.69, 9.17) is 0 Å². The van der Waals surface area contributed by atoms with Gasteiger partial charge in [0, 0.05) is 36.9 Å².